The van der Waals surface area contributed by atoms with Gasteiger partial charge in [0.05, 0.1) is 17.9 Å². The third kappa shape index (κ3) is 3.77. The number of aromatic nitrogens is 7. The van der Waals surface area contributed by atoms with E-state index in [2.05, 4.69) is 30.7 Å². The number of hydrogen-bond donors (Lipinski definition) is 1. The van der Waals surface area contributed by atoms with Crippen LogP contribution in [0.3, 0.4) is 0 Å². The Kier molecular flexibility index (Phi) is 4.86. The van der Waals surface area contributed by atoms with Crippen molar-refractivity contribution in [3.05, 3.63) is 64.6 Å². The van der Waals surface area contributed by atoms with Crippen LogP contribution in [0.5, 0.6) is 0 Å². The minimum atomic E-state index is -0.302. The van der Waals surface area contributed by atoms with E-state index >= 15 is 0 Å². The zero-order chi connectivity index (χ0) is 19.7. The van der Waals surface area contributed by atoms with E-state index < -0.39 is 0 Å². The molecule has 4 heterocycles. The number of halogens is 1. The van der Waals surface area contributed by atoms with Crippen LogP contribution in [0.15, 0.2) is 36.8 Å². The summed E-state index contributed by atoms with van der Waals surface area (Å²) in [4.78, 5) is 4.10. The van der Waals surface area contributed by atoms with Crippen LogP contribution in [-0.2, 0) is 6.54 Å². The lowest BCUT2D eigenvalue weighted by molar-refractivity contribution is 0.554. The van der Waals surface area contributed by atoms with Gasteiger partial charge in [-0.2, -0.15) is 10.2 Å². The third-order valence-electron chi connectivity index (χ3n) is 4.28. The smallest absolute Gasteiger partial charge is 0.211 e. The highest BCUT2D eigenvalue weighted by Gasteiger charge is 2.15. The van der Waals surface area contributed by atoms with Gasteiger partial charge < -0.3 is 5.32 Å². The Labute approximate surface area is 165 Å². The lowest BCUT2D eigenvalue weighted by Gasteiger charge is -2.07. The largest absolute Gasteiger partial charge is 0.313 e. The first kappa shape index (κ1) is 18.2. The molecular formula is C18H19FN8S. The van der Waals surface area contributed by atoms with E-state index in [4.69, 9.17) is 0 Å². The van der Waals surface area contributed by atoms with E-state index in [0.29, 0.717) is 22.2 Å². The normalized spacial score (nSPS) is 12.3. The summed E-state index contributed by atoms with van der Waals surface area (Å²) in [5.41, 5.74) is 1.88. The standard InChI is InChI=1S/C18H19FN8S/c1-11-4-7-20-14(16(11)19)10-26-8-6-15(25-26)21-18-23-22-17(28-18)13(3)27-9-5-12(2)24-27/h4-9,13H,10H2,1-3H3,(H,21,23,25). The molecule has 0 fully saturated rings. The zero-order valence-electron chi connectivity index (χ0n) is 15.7. The molecule has 0 aliphatic heterocycles. The van der Waals surface area contributed by atoms with Gasteiger partial charge in [0.25, 0.3) is 0 Å². The average molecular weight is 398 g/mol. The molecule has 0 saturated heterocycles. The van der Waals surface area contributed by atoms with Crippen molar-refractivity contribution in [1.82, 2.24) is 34.7 Å². The molecule has 0 bridgehead atoms. The van der Waals surface area contributed by atoms with Crippen LogP contribution in [0.4, 0.5) is 15.3 Å². The molecule has 4 aromatic heterocycles. The summed E-state index contributed by atoms with van der Waals surface area (Å²) in [6.07, 6.45) is 5.29. The Bertz CT molecular complexity index is 1100. The number of anilines is 2. The average Bonchev–Trinajstić information content (AvgIpc) is 3.41. The van der Waals surface area contributed by atoms with Gasteiger partial charge in [0.2, 0.25) is 5.13 Å². The highest BCUT2D eigenvalue weighted by molar-refractivity contribution is 7.15. The number of nitrogens with one attached hydrogen (secondary N) is 1. The quantitative estimate of drug-likeness (QED) is 0.535. The molecule has 0 aliphatic rings. The molecule has 4 aromatic rings. The molecule has 28 heavy (non-hydrogen) atoms. The molecule has 144 valence electrons. The molecule has 1 unspecified atom stereocenters. The molecule has 0 radical (unpaired) electrons. The van der Waals surface area contributed by atoms with Crippen molar-refractivity contribution >= 4 is 22.3 Å². The van der Waals surface area contributed by atoms with Crippen molar-refractivity contribution in [2.24, 2.45) is 0 Å². The first-order valence-corrected chi connectivity index (χ1v) is 9.57. The van der Waals surface area contributed by atoms with Crippen molar-refractivity contribution in [2.75, 3.05) is 5.32 Å². The van der Waals surface area contributed by atoms with Gasteiger partial charge in [0.1, 0.15) is 16.9 Å². The molecule has 0 aromatic carbocycles. The first-order valence-electron chi connectivity index (χ1n) is 8.75. The summed E-state index contributed by atoms with van der Waals surface area (Å²) in [5, 5.41) is 21.9. The maximum Gasteiger partial charge on any atom is 0.211 e. The SMILES string of the molecule is Cc1ccn(C(C)c2nnc(Nc3ccn(Cc4nccc(C)c4F)n3)s2)n1. The maximum absolute atomic E-state index is 14.1. The lowest BCUT2D eigenvalue weighted by Crippen LogP contribution is -2.07. The van der Waals surface area contributed by atoms with Gasteiger partial charge in [-0.05, 0) is 38.5 Å². The Morgan fingerprint density at radius 2 is 2.00 bits per heavy atom. The molecule has 1 N–H and O–H groups in total. The summed E-state index contributed by atoms with van der Waals surface area (Å²) >= 11 is 1.44. The van der Waals surface area contributed by atoms with Gasteiger partial charge >= 0.3 is 0 Å². The Morgan fingerprint density at radius 3 is 2.79 bits per heavy atom. The van der Waals surface area contributed by atoms with E-state index in [1.165, 1.54) is 11.3 Å². The van der Waals surface area contributed by atoms with Gasteiger partial charge in [-0.1, -0.05) is 11.3 Å². The molecule has 0 amide bonds. The van der Waals surface area contributed by atoms with Crippen molar-refractivity contribution in [3.63, 3.8) is 0 Å². The van der Waals surface area contributed by atoms with Crippen molar-refractivity contribution < 1.29 is 4.39 Å². The second kappa shape index (κ2) is 7.47. The maximum atomic E-state index is 14.1. The van der Waals surface area contributed by atoms with Gasteiger partial charge in [-0.25, -0.2) is 4.39 Å². The molecular weight excluding hydrogens is 379 g/mol. The van der Waals surface area contributed by atoms with E-state index in [-0.39, 0.29) is 18.4 Å². The second-order valence-electron chi connectivity index (χ2n) is 6.47. The van der Waals surface area contributed by atoms with Crippen LogP contribution in [0.25, 0.3) is 0 Å². The van der Waals surface area contributed by atoms with Crippen LogP contribution < -0.4 is 5.32 Å². The summed E-state index contributed by atoms with van der Waals surface area (Å²) in [6.45, 7) is 5.95. The number of hydrogen-bond acceptors (Lipinski definition) is 7. The lowest BCUT2D eigenvalue weighted by atomic mass is 10.2. The molecule has 0 aliphatic carbocycles. The fraction of sp³-hybridized carbons (Fsp3) is 0.278. The summed E-state index contributed by atoms with van der Waals surface area (Å²) in [5.74, 6) is 0.308. The van der Waals surface area contributed by atoms with E-state index in [9.17, 15) is 4.39 Å². The van der Waals surface area contributed by atoms with Gasteiger partial charge in [-0.3, -0.25) is 14.3 Å². The van der Waals surface area contributed by atoms with E-state index in [1.54, 1.807) is 36.1 Å². The summed E-state index contributed by atoms with van der Waals surface area (Å²) in [6, 6.07) is 5.40. The predicted molar refractivity (Wildman–Crippen MR) is 104 cm³/mol. The van der Waals surface area contributed by atoms with Crippen LogP contribution in [0, 0.1) is 19.7 Å². The van der Waals surface area contributed by atoms with E-state index in [0.717, 1.165) is 10.7 Å². The van der Waals surface area contributed by atoms with Gasteiger partial charge in [0, 0.05) is 24.7 Å². The predicted octanol–water partition coefficient (Wildman–Crippen LogP) is 3.48. The Hall–Kier alpha value is -3.14. The van der Waals surface area contributed by atoms with Crippen molar-refractivity contribution in [3.8, 4) is 0 Å². The minimum Gasteiger partial charge on any atom is -0.313 e. The third-order valence-corrected chi connectivity index (χ3v) is 5.29. The minimum absolute atomic E-state index is 0.00493. The Morgan fingerprint density at radius 1 is 1.14 bits per heavy atom. The van der Waals surface area contributed by atoms with Crippen molar-refractivity contribution in [2.45, 2.75) is 33.4 Å². The number of nitrogens with zero attached hydrogens (tertiary/aromatic N) is 7. The highest BCUT2D eigenvalue weighted by atomic mass is 32.1. The van der Waals surface area contributed by atoms with Crippen LogP contribution in [0.1, 0.15) is 34.9 Å². The molecule has 0 spiro atoms. The fourth-order valence-corrected chi connectivity index (χ4v) is 3.50. The van der Waals surface area contributed by atoms with Crippen LogP contribution in [0.2, 0.25) is 0 Å². The highest BCUT2D eigenvalue weighted by Crippen LogP contribution is 2.26. The number of rotatable bonds is 6. The monoisotopic (exact) mass is 398 g/mol. The Balaban J connectivity index is 1.44. The van der Waals surface area contributed by atoms with Gasteiger partial charge in [0.15, 0.2) is 5.82 Å². The van der Waals surface area contributed by atoms with Gasteiger partial charge in [-0.15, -0.1) is 10.2 Å². The molecule has 8 nitrogen and oxygen atoms in total. The molecule has 10 heteroatoms. The van der Waals surface area contributed by atoms with Crippen LogP contribution in [-0.4, -0.2) is 34.7 Å². The fourth-order valence-electron chi connectivity index (χ4n) is 2.70. The topological polar surface area (TPSA) is 86.3 Å². The zero-order valence-corrected chi connectivity index (χ0v) is 16.5. The van der Waals surface area contributed by atoms with E-state index in [1.807, 2.05) is 30.8 Å². The number of aryl methyl sites for hydroxylation is 2. The van der Waals surface area contributed by atoms with Crippen LogP contribution >= 0.6 is 11.3 Å². The number of pyridine rings is 1. The summed E-state index contributed by atoms with van der Waals surface area (Å²) < 4.78 is 17.6. The second-order valence-corrected chi connectivity index (χ2v) is 7.48. The van der Waals surface area contributed by atoms with Crippen molar-refractivity contribution in [1.29, 1.82) is 0 Å². The summed E-state index contributed by atoms with van der Waals surface area (Å²) in [7, 11) is 0. The molecule has 1 atom stereocenters. The molecule has 4 rings (SSSR count). The first-order chi connectivity index (χ1) is 13.5. The molecule has 0 saturated carbocycles.